The Kier molecular flexibility index (Phi) is 5.26. The van der Waals surface area contributed by atoms with Gasteiger partial charge in [0.2, 0.25) is 0 Å². The summed E-state index contributed by atoms with van der Waals surface area (Å²) in [6, 6.07) is 3.30. The first-order valence-corrected chi connectivity index (χ1v) is 7.55. The second-order valence-corrected chi connectivity index (χ2v) is 5.60. The summed E-state index contributed by atoms with van der Waals surface area (Å²) in [6.07, 6.45) is 0. The predicted molar refractivity (Wildman–Crippen MR) is 86.8 cm³/mol. The van der Waals surface area contributed by atoms with E-state index in [-0.39, 0.29) is 22.3 Å². The van der Waals surface area contributed by atoms with E-state index in [1.165, 1.54) is 18.2 Å². The lowest BCUT2D eigenvalue weighted by Gasteiger charge is -2.12. The summed E-state index contributed by atoms with van der Waals surface area (Å²) in [7, 11) is 0. The van der Waals surface area contributed by atoms with Crippen LogP contribution >= 0.6 is 23.2 Å². The number of hydrogen-bond donors (Lipinski definition) is 1. The van der Waals surface area contributed by atoms with Crippen LogP contribution in [0.15, 0.2) is 29.5 Å². The van der Waals surface area contributed by atoms with Gasteiger partial charge < -0.3 is 10.1 Å². The number of ketones is 1. The minimum Gasteiger partial charge on any atom is -0.462 e. The maximum Gasteiger partial charge on any atom is 0.344 e. The molecule has 1 aromatic rings. The van der Waals surface area contributed by atoms with E-state index in [0.717, 1.165) is 11.8 Å². The second-order valence-electron chi connectivity index (χ2n) is 4.73. The van der Waals surface area contributed by atoms with Gasteiger partial charge in [0, 0.05) is 10.0 Å². The van der Waals surface area contributed by atoms with Gasteiger partial charge >= 0.3 is 12.0 Å². The summed E-state index contributed by atoms with van der Waals surface area (Å²) in [6.45, 7) is 2.66. The van der Waals surface area contributed by atoms with Crippen molar-refractivity contribution < 1.29 is 23.9 Å². The molecule has 7 nitrogen and oxygen atoms in total. The van der Waals surface area contributed by atoms with Crippen LogP contribution in [0.1, 0.15) is 13.8 Å². The molecule has 0 atom stereocenters. The average molecular weight is 371 g/mol. The van der Waals surface area contributed by atoms with Crippen molar-refractivity contribution in [2.75, 3.05) is 11.5 Å². The highest BCUT2D eigenvalue weighted by molar-refractivity contribution is 6.37. The van der Waals surface area contributed by atoms with Crippen molar-refractivity contribution in [2.24, 2.45) is 0 Å². The van der Waals surface area contributed by atoms with Gasteiger partial charge in [0.05, 0.1) is 12.3 Å². The summed E-state index contributed by atoms with van der Waals surface area (Å²) in [4.78, 5) is 49.0. The van der Waals surface area contributed by atoms with Crippen molar-refractivity contribution in [1.29, 1.82) is 0 Å². The van der Waals surface area contributed by atoms with Crippen LogP contribution in [-0.2, 0) is 19.1 Å². The maximum atomic E-state index is 12.5. The zero-order chi connectivity index (χ0) is 18.0. The molecular weight excluding hydrogens is 359 g/mol. The molecule has 0 spiro atoms. The van der Waals surface area contributed by atoms with Crippen LogP contribution in [0.2, 0.25) is 10.0 Å². The Morgan fingerprint density at radius 2 is 1.75 bits per heavy atom. The Morgan fingerprint density at radius 3 is 2.25 bits per heavy atom. The van der Waals surface area contributed by atoms with Crippen molar-refractivity contribution in [1.82, 2.24) is 5.32 Å². The van der Waals surface area contributed by atoms with E-state index in [4.69, 9.17) is 27.9 Å². The van der Waals surface area contributed by atoms with Crippen LogP contribution in [0.25, 0.3) is 0 Å². The number of benzene rings is 1. The lowest BCUT2D eigenvalue weighted by atomic mass is 10.1. The molecule has 0 radical (unpaired) electrons. The van der Waals surface area contributed by atoms with E-state index in [9.17, 15) is 19.2 Å². The first-order valence-electron chi connectivity index (χ1n) is 6.80. The number of anilines is 1. The van der Waals surface area contributed by atoms with Crippen LogP contribution < -0.4 is 10.2 Å². The number of hydrogen-bond acceptors (Lipinski definition) is 5. The van der Waals surface area contributed by atoms with E-state index >= 15 is 0 Å². The molecule has 0 aliphatic carbocycles. The van der Waals surface area contributed by atoms with Crippen molar-refractivity contribution in [3.63, 3.8) is 0 Å². The number of ether oxygens (including phenoxy) is 1. The molecule has 3 amide bonds. The minimum atomic E-state index is -0.986. The number of esters is 1. The fraction of sp³-hybridized carbons (Fsp3) is 0.200. The van der Waals surface area contributed by atoms with Gasteiger partial charge in [-0.05, 0) is 32.0 Å². The van der Waals surface area contributed by atoms with Gasteiger partial charge in [-0.15, -0.1) is 0 Å². The van der Waals surface area contributed by atoms with Gasteiger partial charge in [0.15, 0.2) is 5.78 Å². The zero-order valence-corrected chi connectivity index (χ0v) is 14.2. The van der Waals surface area contributed by atoms with Crippen LogP contribution in [-0.4, -0.2) is 30.3 Å². The van der Waals surface area contributed by atoms with Gasteiger partial charge in [-0.3, -0.25) is 9.59 Å². The SMILES string of the molecule is CCOC(=O)C(C(C)=O)=C1NC(=O)N(c2cc(Cl)cc(Cl)c2)C1=O. The molecule has 0 bridgehead atoms. The molecule has 2 rings (SSSR count). The van der Waals surface area contributed by atoms with Gasteiger partial charge in [-0.2, -0.15) is 0 Å². The van der Waals surface area contributed by atoms with E-state index < -0.39 is 35.0 Å². The van der Waals surface area contributed by atoms with Crippen molar-refractivity contribution in [2.45, 2.75) is 13.8 Å². The number of Topliss-reactive ketones (excluding diaryl/α,β-unsaturated/α-hetero) is 1. The first kappa shape index (κ1) is 18.0. The molecule has 1 aromatic carbocycles. The first-order chi connectivity index (χ1) is 11.3. The number of urea groups is 1. The van der Waals surface area contributed by atoms with Crippen molar-refractivity contribution >= 4 is 52.6 Å². The topological polar surface area (TPSA) is 92.8 Å². The molecule has 1 fully saturated rings. The number of halogens is 2. The molecule has 0 aromatic heterocycles. The van der Waals surface area contributed by atoms with Crippen molar-refractivity contribution in [3.8, 4) is 0 Å². The van der Waals surface area contributed by atoms with Gasteiger partial charge in [-0.1, -0.05) is 23.2 Å². The van der Waals surface area contributed by atoms with Gasteiger partial charge in [-0.25, -0.2) is 14.5 Å². The van der Waals surface area contributed by atoms with Crippen LogP contribution in [0.5, 0.6) is 0 Å². The standard InChI is InChI=1S/C15H12Cl2N2O5/c1-3-24-14(22)11(7(2)20)12-13(21)19(15(23)18-12)10-5-8(16)4-9(17)6-10/h4-6H,3H2,1-2H3,(H,18,23). The summed E-state index contributed by atoms with van der Waals surface area (Å²) < 4.78 is 4.76. The summed E-state index contributed by atoms with van der Waals surface area (Å²) >= 11 is 11.7. The zero-order valence-electron chi connectivity index (χ0n) is 12.7. The highest BCUT2D eigenvalue weighted by Crippen LogP contribution is 2.29. The Labute approximate surface area is 147 Å². The molecule has 126 valence electrons. The van der Waals surface area contributed by atoms with Gasteiger partial charge in [0.1, 0.15) is 11.3 Å². The molecule has 1 aliphatic heterocycles. The third kappa shape index (κ3) is 3.42. The third-order valence-electron chi connectivity index (χ3n) is 3.04. The lowest BCUT2D eigenvalue weighted by Crippen LogP contribution is -2.30. The van der Waals surface area contributed by atoms with Crippen LogP contribution in [0, 0.1) is 0 Å². The molecule has 0 unspecified atom stereocenters. The minimum absolute atomic E-state index is 0.0125. The van der Waals surface area contributed by atoms with E-state index in [0.29, 0.717) is 0 Å². The molecule has 1 saturated heterocycles. The Bertz CT molecular complexity index is 768. The molecular formula is C15H12Cl2N2O5. The molecule has 1 heterocycles. The Balaban J connectivity index is 2.52. The fourth-order valence-electron chi connectivity index (χ4n) is 2.12. The monoisotopic (exact) mass is 370 g/mol. The molecule has 9 heteroatoms. The predicted octanol–water partition coefficient (Wildman–Crippen LogP) is 2.46. The van der Waals surface area contributed by atoms with Crippen molar-refractivity contribution in [3.05, 3.63) is 39.5 Å². The number of amides is 3. The molecule has 0 saturated carbocycles. The molecule has 1 N–H and O–H groups in total. The quantitative estimate of drug-likeness (QED) is 0.289. The van der Waals surface area contributed by atoms with E-state index in [1.807, 2.05) is 0 Å². The van der Waals surface area contributed by atoms with Crippen LogP contribution in [0.3, 0.4) is 0 Å². The highest BCUT2D eigenvalue weighted by atomic mass is 35.5. The van der Waals surface area contributed by atoms with Crippen LogP contribution in [0.4, 0.5) is 10.5 Å². The fourth-order valence-corrected chi connectivity index (χ4v) is 2.63. The molecule has 1 aliphatic rings. The summed E-state index contributed by atoms with van der Waals surface area (Å²) in [5.41, 5.74) is -0.857. The van der Waals surface area contributed by atoms with E-state index in [1.54, 1.807) is 6.92 Å². The second kappa shape index (κ2) is 7.02. The number of nitrogens with one attached hydrogen (secondary N) is 1. The third-order valence-corrected chi connectivity index (χ3v) is 3.48. The summed E-state index contributed by atoms with van der Waals surface area (Å²) in [5.74, 6) is -2.57. The number of imide groups is 1. The number of carbonyl (C=O) groups excluding carboxylic acids is 4. The Hall–Kier alpha value is -2.38. The molecule has 24 heavy (non-hydrogen) atoms. The lowest BCUT2D eigenvalue weighted by molar-refractivity contribution is -0.140. The number of rotatable bonds is 4. The maximum absolute atomic E-state index is 12.5. The smallest absolute Gasteiger partial charge is 0.344 e. The largest absolute Gasteiger partial charge is 0.462 e. The summed E-state index contributed by atoms with van der Waals surface area (Å²) in [5, 5.41) is 2.65. The average Bonchev–Trinajstić information content (AvgIpc) is 2.73. The number of carbonyl (C=O) groups is 4. The normalized spacial score (nSPS) is 16.1. The Morgan fingerprint density at radius 1 is 1.17 bits per heavy atom. The highest BCUT2D eigenvalue weighted by Gasteiger charge is 2.40. The van der Waals surface area contributed by atoms with E-state index in [2.05, 4.69) is 5.32 Å². The van der Waals surface area contributed by atoms with Gasteiger partial charge in [0.25, 0.3) is 5.91 Å². The number of nitrogens with zero attached hydrogens (tertiary/aromatic N) is 1.